The average molecular weight is 192 g/mol. The molecule has 12 heavy (non-hydrogen) atoms. The highest BCUT2D eigenvalue weighted by molar-refractivity contribution is 8.14. The molecule has 68 valence electrons. The van der Waals surface area contributed by atoms with E-state index in [9.17, 15) is 14.4 Å². The lowest BCUT2D eigenvalue weighted by Gasteiger charge is -2.05. The molecule has 0 aromatic rings. The SMILES string of the molecule is CC(=O)S[C@H](CC(=O)O)C(=O)O. The highest BCUT2D eigenvalue weighted by Gasteiger charge is 2.23. The van der Waals surface area contributed by atoms with Gasteiger partial charge in [-0.15, -0.1) is 0 Å². The van der Waals surface area contributed by atoms with Crippen LogP contribution in [0.5, 0.6) is 0 Å². The summed E-state index contributed by atoms with van der Waals surface area (Å²) in [5.74, 6) is -2.51. The molecule has 0 amide bonds. The Bertz CT molecular complexity index is 196. The minimum Gasteiger partial charge on any atom is -0.481 e. The van der Waals surface area contributed by atoms with Crippen LogP contribution < -0.4 is 0 Å². The van der Waals surface area contributed by atoms with Gasteiger partial charge in [0.15, 0.2) is 5.12 Å². The Labute approximate surface area is 72.8 Å². The van der Waals surface area contributed by atoms with Gasteiger partial charge in [-0.2, -0.15) is 0 Å². The van der Waals surface area contributed by atoms with Crippen LogP contribution in [0.25, 0.3) is 0 Å². The molecule has 0 rings (SSSR count). The van der Waals surface area contributed by atoms with Gasteiger partial charge >= 0.3 is 11.9 Å². The van der Waals surface area contributed by atoms with Gasteiger partial charge in [0.05, 0.1) is 6.42 Å². The quantitative estimate of drug-likeness (QED) is 0.660. The molecule has 0 unspecified atom stereocenters. The molecule has 0 saturated heterocycles. The molecule has 0 fully saturated rings. The van der Waals surface area contributed by atoms with Gasteiger partial charge in [0.2, 0.25) is 0 Å². The molecule has 5 nitrogen and oxygen atoms in total. The number of hydrogen-bond donors (Lipinski definition) is 2. The van der Waals surface area contributed by atoms with Gasteiger partial charge in [-0.3, -0.25) is 14.4 Å². The molecule has 0 bridgehead atoms. The van der Waals surface area contributed by atoms with Crippen molar-refractivity contribution in [3.63, 3.8) is 0 Å². The van der Waals surface area contributed by atoms with E-state index in [1.165, 1.54) is 6.92 Å². The van der Waals surface area contributed by atoms with Gasteiger partial charge in [0.1, 0.15) is 5.25 Å². The maximum atomic E-state index is 10.4. The van der Waals surface area contributed by atoms with Crippen molar-refractivity contribution in [1.82, 2.24) is 0 Å². The molecule has 0 aliphatic heterocycles. The van der Waals surface area contributed by atoms with Gasteiger partial charge in [0.25, 0.3) is 0 Å². The van der Waals surface area contributed by atoms with Gasteiger partial charge in [-0.05, 0) is 0 Å². The molecule has 0 aliphatic rings. The molecular formula is C6H8O5S. The number of carboxylic acids is 2. The predicted octanol–water partition coefficient (Wildman–Crippen LogP) is 0.194. The van der Waals surface area contributed by atoms with Crippen LogP contribution in [0.1, 0.15) is 13.3 Å². The lowest BCUT2D eigenvalue weighted by Crippen LogP contribution is -2.21. The van der Waals surface area contributed by atoms with Crippen LogP contribution in [-0.2, 0) is 14.4 Å². The molecule has 0 aliphatic carbocycles. The zero-order valence-electron chi connectivity index (χ0n) is 6.31. The van der Waals surface area contributed by atoms with Gasteiger partial charge in [-0.25, -0.2) is 0 Å². The van der Waals surface area contributed by atoms with E-state index in [2.05, 4.69) is 0 Å². The third-order valence-corrected chi connectivity index (χ3v) is 1.93. The zero-order chi connectivity index (χ0) is 9.72. The first-order valence-corrected chi connectivity index (χ1v) is 3.93. The summed E-state index contributed by atoms with van der Waals surface area (Å²) in [6.45, 7) is 1.20. The fourth-order valence-corrected chi connectivity index (χ4v) is 1.27. The molecule has 0 saturated carbocycles. The van der Waals surface area contributed by atoms with Crippen molar-refractivity contribution in [3.05, 3.63) is 0 Å². The van der Waals surface area contributed by atoms with E-state index >= 15 is 0 Å². The minimum absolute atomic E-state index is 0.399. The number of aliphatic carboxylic acids is 2. The first-order chi connectivity index (χ1) is 5.43. The molecule has 6 heteroatoms. The summed E-state index contributed by atoms with van der Waals surface area (Å²) in [7, 11) is 0. The third kappa shape index (κ3) is 4.73. The van der Waals surface area contributed by atoms with E-state index in [0.29, 0.717) is 11.8 Å². The van der Waals surface area contributed by atoms with Gasteiger partial charge in [0, 0.05) is 6.92 Å². The van der Waals surface area contributed by atoms with E-state index in [1.807, 2.05) is 0 Å². The summed E-state index contributed by atoms with van der Waals surface area (Å²) in [5, 5.41) is 15.1. The van der Waals surface area contributed by atoms with Crippen molar-refractivity contribution in [2.24, 2.45) is 0 Å². The molecule has 1 atom stereocenters. The third-order valence-electron chi connectivity index (χ3n) is 0.944. The van der Waals surface area contributed by atoms with Crippen molar-refractivity contribution in [3.8, 4) is 0 Å². The standard InChI is InChI=1S/C6H8O5S/c1-3(7)12-4(6(10)11)2-5(8)9/h4H,2H2,1H3,(H,8,9)(H,10,11)/t4-/m1/s1. The van der Waals surface area contributed by atoms with Crippen LogP contribution in [-0.4, -0.2) is 32.5 Å². The Balaban J connectivity index is 4.14. The smallest absolute Gasteiger partial charge is 0.317 e. The van der Waals surface area contributed by atoms with E-state index in [4.69, 9.17) is 10.2 Å². The zero-order valence-corrected chi connectivity index (χ0v) is 7.13. The minimum atomic E-state index is -1.28. The first kappa shape index (κ1) is 11.0. The van der Waals surface area contributed by atoms with E-state index in [1.54, 1.807) is 0 Å². The number of thioether (sulfide) groups is 1. The van der Waals surface area contributed by atoms with Crippen molar-refractivity contribution in [1.29, 1.82) is 0 Å². The van der Waals surface area contributed by atoms with Crippen LogP contribution in [0.15, 0.2) is 0 Å². The summed E-state index contributed by atoms with van der Waals surface area (Å²) in [6.07, 6.45) is -0.542. The van der Waals surface area contributed by atoms with Crippen molar-refractivity contribution >= 4 is 28.8 Å². The predicted molar refractivity (Wildman–Crippen MR) is 41.9 cm³/mol. The Morgan fingerprint density at radius 3 is 2.08 bits per heavy atom. The van der Waals surface area contributed by atoms with E-state index in [-0.39, 0.29) is 0 Å². The number of carboxylic acid groups (broad SMARTS) is 2. The summed E-state index contributed by atoms with van der Waals surface area (Å²) < 4.78 is 0. The van der Waals surface area contributed by atoms with Crippen LogP contribution in [0, 0.1) is 0 Å². The first-order valence-electron chi connectivity index (χ1n) is 3.05. The number of carbonyl (C=O) groups excluding carboxylic acids is 1. The number of carbonyl (C=O) groups is 3. The maximum absolute atomic E-state index is 10.4. The van der Waals surface area contributed by atoms with Gasteiger partial charge in [-0.1, -0.05) is 11.8 Å². The summed E-state index contributed by atoms with van der Waals surface area (Å²) in [5.41, 5.74) is 0. The van der Waals surface area contributed by atoms with Crippen molar-refractivity contribution in [2.75, 3.05) is 0 Å². The number of hydrogen-bond acceptors (Lipinski definition) is 4. The van der Waals surface area contributed by atoms with E-state index < -0.39 is 28.7 Å². The van der Waals surface area contributed by atoms with Gasteiger partial charge < -0.3 is 10.2 Å². The lowest BCUT2D eigenvalue weighted by molar-refractivity contribution is -0.143. The van der Waals surface area contributed by atoms with Crippen molar-refractivity contribution < 1.29 is 24.6 Å². The van der Waals surface area contributed by atoms with Crippen molar-refractivity contribution in [2.45, 2.75) is 18.6 Å². The molecule has 0 aromatic heterocycles. The number of rotatable bonds is 4. The summed E-state index contributed by atoms with van der Waals surface area (Å²) >= 11 is 0.517. The van der Waals surface area contributed by atoms with E-state index in [0.717, 1.165) is 0 Å². The molecule has 0 aromatic carbocycles. The van der Waals surface area contributed by atoms with Crippen LogP contribution in [0.2, 0.25) is 0 Å². The molecule has 0 radical (unpaired) electrons. The average Bonchev–Trinajstić information content (AvgIpc) is 1.83. The normalized spacial score (nSPS) is 12.1. The fraction of sp³-hybridized carbons (Fsp3) is 0.500. The Hall–Kier alpha value is -1.04. The highest BCUT2D eigenvalue weighted by Crippen LogP contribution is 2.15. The second-order valence-electron chi connectivity index (χ2n) is 2.03. The Morgan fingerprint density at radius 1 is 1.33 bits per heavy atom. The monoisotopic (exact) mass is 192 g/mol. The fourth-order valence-electron chi connectivity index (χ4n) is 0.538. The second-order valence-corrected chi connectivity index (χ2v) is 3.41. The molecule has 2 N–H and O–H groups in total. The lowest BCUT2D eigenvalue weighted by atomic mass is 10.3. The Kier molecular flexibility index (Phi) is 4.35. The molecule has 0 spiro atoms. The highest BCUT2D eigenvalue weighted by atomic mass is 32.2. The Morgan fingerprint density at radius 2 is 1.83 bits per heavy atom. The second kappa shape index (κ2) is 4.76. The van der Waals surface area contributed by atoms with Crippen LogP contribution >= 0.6 is 11.8 Å². The molecular weight excluding hydrogens is 184 g/mol. The largest absolute Gasteiger partial charge is 0.481 e. The summed E-state index contributed by atoms with van der Waals surface area (Å²) in [4.78, 5) is 30.9. The topological polar surface area (TPSA) is 91.7 Å². The molecule has 0 heterocycles. The van der Waals surface area contributed by atoms with Crippen LogP contribution in [0.4, 0.5) is 0 Å². The summed E-state index contributed by atoms with van der Waals surface area (Å²) in [6, 6.07) is 0. The van der Waals surface area contributed by atoms with Crippen LogP contribution in [0.3, 0.4) is 0 Å². The maximum Gasteiger partial charge on any atom is 0.317 e.